The number of anilines is 1. The van der Waals surface area contributed by atoms with Crippen LogP contribution in [0.2, 0.25) is 0 Å². The molecule has 2 heterocycles. The summed E-state index contributed by atoms with van der Waals surface area (Å²) in [6.45, 7) is 2.59. The van der Waals surface area contributed by atoms with Crippen LogP contribution in [0.4, 0.5) is 10.1 Å². The highest BCUT2D eigenvalue weighted by Gasteiger charge is 2.30. The average Bonchev–Trinajstić information content (AvgIpc) is 3.48. The Morgan fingerprint density at radius 2 is 1.76 bits per heavy atom. The molecule has 0 radical (unpaired) electrons. The first-order valence-electron chi connectivity index (χ1n) is 11.0. The monoisotopic (exact) mass is 474 g/mol. The molecule has 0 saturated carbocycles. The van der Waals surface area contributed by atoms with Crippen LogP contribution >= 0.6 is 11.8 Å². The lowest BCUT2D eigenvalue weighted by molar-refractivity contribution is -0.117. The molecule has 1 amide bonds. The third-order valence-corrected chi connectivity index (χ3v) is 6.72. The van der Waals surface area contributed by atoms with E-state index in [-0.39, 0.29) is 23.5 Å². The molecule has 4 aromatic rings. The Bertz CT molecular complexity index is 1310. The SMILES string of the molecule is C[C@@H](Sc1nnc(COc2ccccc2F)n1-c1ccccc1)C(=O)N1CCc2ccccc21. The molecule has 0 N–H and O–H groups in total. The summed E-state index contributed by atoms with van der Waals surface area (Å²) in [6, 6.07) is 23.9. The number of carbonyl (C=O) groups is 1. The van der Waals surface area contributed by atoms with Gasteiger partial charge in [0.25, 0.3) is 0 Å². The van der Waals surface area contributed by atoms with Crippen molar-refractivity contribution in [1.29, 1.82) is 0 Å². The zero-order valence-corrected chi connectivity index (χ0v) is 19.4. The van der Waals surface area contributed by atoms with E-state index in [2.05, 4.69) is 16.3 Å². The molecular formula is C26H23FN4O2S. The summed E-state index contributed by atoms with van der Waals surface area (Å²) >= 11 is 1.35. The molecule has 172 valence electrons. The molecule has 34 heavy (non-hydrogen) atoms. The second-order valence-electron chi connectivity index (χ2n) is 7.92. The Kier molecular flexibility index (Phi) is 6.31. The van der Waals surface area contributed by atoms with Gasteiger partial charge >= 0.3 is 0 Å². The fourth-order valence-electron chi connectivity index (χ4n) is 4.01. The van der Waals surface area contributed by atoms with Crippen molar-refractivity contribution >= 4 is 23.4 Å². The van der Waals surface area contributed by atoms with Crippen molar-refractivity contribution in [3.05, 3.63) is 96.1 Å². The molecule has 0 aliphatic carbocycles. The van der Waals surface area contributed by atoms with Gasteiger partial charge in [-0.2, -0.15) is 0 Å². The fourth-order valence-corrected chi connectivity index (χ4v) is 4.95. The van der Waals surface area contributed by atoms with E-state index in [0.717, 1.165) is 17.8 Å². The van der Waals surface area contributed by atoms with Gasteiger partial charge in [-0.05, 0) is 49.2 Å². The maximum Gasteiger partial charge on any atom is 0.240 e. The minimum absolute atomic E-state index is 0.0294. The van der Waals surface area contributed by atoms with Gasteiger partial charge in [0.05, 0.1) is 5.25 Å². The van der Waals surface area contributed by atoms with Gasteiger partial charge in [-0.15, -0.1) is 10.2 Å². The van der Waals surface area contributed by atoms with Gasteiger partial charge in [-0.1, -0.05) is 60.3 Å². The summed E-state index contributed by atoms with van der Waals surface area (Å²) in [7, 11) is 0. The van der Waals surface area contributed by atoms with E-state index in [4.69, 9.17) is 4.74 Å². The quantitative estimate of drug-likeness (QED) is 0.351. The van der Waals surface area contributed by atoms with Crippen LogP contribution in [-0.2, 0) is 17.8 Å². The molecule has 8 heteroatoms. The first kappa shape index (κ1) is 22.2. The van der Waals surface area contributed by atoms with Crippen LogP contribution < -0.4 is 9.64 Å². The number of carbonyl (C=O) groups excluding carboxylic acids is 1. The van der Waals surface area contributed by atoms with E-state index < -0.39 is 5.82 Å². The number of rotatable bonds is 7. The molecule has 0 spiro atoms. The Morgan fingerprint density at radius 3 is 2.59 bits per heavy atom. The molecule has 0 saturated heterocycles. The Labute approximate surface area is 201 Å². The number of aromatic nitrogens is 3. The molecule has 6 nitrogen and oxygen atoms in total. The fraction of sp³-hybridized carbons (Fsp3) is 0.192. The lowest BCUT2D eigenvalue weighted by Crippen LogP contribution is -2.35. The standard InChI is InChI=1S/C26H23FN4O2S/c1-18(25(32)30-16-15-19-9-5-7-13-22(19)30)34-26-29-28-24(31(26)20-10-3-2-4-11-20)17-33-23-14-8-6-12-21(23)27/h2-14,18H,15-17H2,1H3/t18-/m1/s1. The van der Waals surface area contributed by atoms with Gasteiger partial charge in [-0.25, -0.2) is 4.39 Å². The first-order chi connectivity index (χ1) is 16.6. The summed E-state index contributed by atoms with van der Waals surface area (Å²) < 4.78 is 21.6. The first-order valence-corrected chi connectivity index (χ1v) is 11.9. The number of hydrogen-bond acceptors (Lipinski definition) is 5. The Balaban J connectivity index is 1.39. The number of para-hydroxylation sites is 3. The maximum absolute atomic E-state index is 14.0. The molecular weight excluding hydrogens is 451 g/mol. The third-order valence-electron chi connectivity index (χ3n) is 5.69. The van der Waals surface area contributed by atoms with Crippen LogP contribution in [0, 0.1) is 5.82 Å². The summed E-state index contributed by atoms with van der Waals surface area (Å²) in [6.07, 6.45) is 0.858. The smallest absolute Gasteiger partial charge is 0.240 e. The highest BCUT2D eigenvalue weighted by molar-refractivity contribution is 8.00. The largest absolute Gasteiger partial charge is 0.483 e. The average molecular weight is 475 g/mol. The van der Waals surface area contributed by atoms with Gasteiger partial charge in [0, 0.05) is 17.9 Å². The zero-order valence-electron chi connectivity index (χ0n) is 18.6. The number of nitrogens with zero attached hydrogens (tertiary/aromatic N) is 4. The number of ether oxygens (including phenoxy) is 1. The summed E-state index contributed by atoms with van der Waals surface area (Å²) in [5, 5.41) is 8.85. The van der Waals surface area contributed by atoms with Crippen molar-refractivity contribution in [1.82, 2.24) is 14.8 Å². The van der Waals surface area contributed by atoms with Crippen molar-refractivity contribution in [2.45, 2.75) is 30.4 Å². The third kappa shape index (κ3) is 4.41. The predicted octanol–water partition coefficient (Wildman–Crippen LogP) is 5.06. The number of amides is 1. The van der Waals surface area contributed by atoms with Crippen LogP contribution in [0.5, 0.6) is 5.75 Å². The minimum atomic E-state index is -0.437. The van der Waals surface area contributed by atoms with Gasteiger partial charge in [0.15, 0.2) is 22.5 Å². The summed E-state index contributed by atoms with van der Waals surface area (Å²) in [5.41, 5.74) is 3.00. The highest BCUT2D eigenvalue weighted by Crippen LogP contribution is 2.32. The lowest BCUT2D eigenvalue weighted by atomic mass is 10.2. The van der Waals surface area contributed by atoms with Crippen molar-refractivity contribution in [2.75, 3.05) is 11.4 Å². The maximum atomic E-state index is 14.0. The second kappa shape index (κ2) is 9.69. The molecule has 0 bridgehead atoms. The van der Waals surface area contributed by atoms with Gasteiger partial charge in [0.1, 0.15) is 6.61 Å². The summed E-state index contributed by atoms with van der Waals surface area (Å²) in [4.78, 5) is 15.1. The molecule has 0 fully saturated rings. The molecule has 1 aliphatic heterocycles. The van der Waals surface area contributed by atoms with Crippen molar-refractivity contribution in [2.24, 2.45) is 0 Å². The van der Waals surface area contributed by atoms with Crippen LogP contribution in [0.25, 0.3) is 5.69 Å². The predicted molar refractivity (Wildman–Crippen MR) is 130 cm³/mol. The van der Waals surface area contributed by atoms with E-state index in [0.29, 0.717) is 17.5 Å². The normalized spacial score (nSPS) is 13.5. The Hall–Kier alpha value is -3.65. The van der Waals surface area contributed by atoms with E-state index in [1.807, 2.05) is 64.9 Å². The molecule has 1 aliphatic rings. The highest BCUT2D eigenvalue weighted by atomic mass is 32.2. The van der Waals surface area contributed by atoms with E-state index in [1.165, 1.54) is 23.4 Å². The lowest BCUT2D eigenvalue weighted by Gasteiger charge is -2.21. The van der Waals surface area contributed by atoms with Gasteiger partial charge < -0.3 is 9.64 Å². The van der Waals surface area contributed by atoms with Crippen LogP contribution in [0.3, 0.4) is 0 Å². The van der Waals surface area contributed by atoms with E-state index >= 15 is 0 Å². The number of benzene rings is 3. The van der Waals surface area contributed by atoms with Crippen LogP contribution in [0.1, 0.15) is 18.3 Å². The van der Waals surface area contributed by atoms with Crippen LogP contribution in [0.15, 0.2) is 84.0 Å². The zero-order chi connectivity index (χ0) is 23.5. The summed E-state index contributed by atoms with van der Waals surface area (Å²) in [5.74, 6) is 0.258. The number of fused-ring (bicyclic) bond motifs is 1. The van der Waals surface area contributed by atoms with E-state index in [1.54, 1.807) is 18.2 Å². The Morgan fingerprint density at radius 1 is 1.03 bits per heavy atom. The number of halogens is 1. The van der Waals surface area contributed by atoms with E-state index in [9.17, 15) is 9.18 Å². The van der Waals surface area contributed by atoms with Crippen molar-refractivity contribution in [3.8, 4) is 11.4 Å². The molecule has 1 aromatic heterocycles. The molecule has 1 atom stereocenters. The second-order valence-corrected chi connectivity index (χ2v) is 9.23. The topological polar surface area (TPSA) is 60.3 Å². The van der Waals surface area contributed by atoms with Crippen LogP contribution in [-0.4, -0.2) is 32.5 Å². The number of hydrogen-bond donors (Lipinski definition) is 0. The van der Waals surface area contributed by atoms with Crippen molar-refractivity contribution in [3.63, 3.8) is 0 Å². The minimum Gasteiger partial charge on any atom is -0.483 e. The van der Waals surface area contributed by atoms with Gasteiger partial charge in [0.2, 0.25) is 5.91 Å². The molecule has 0 unspecified atom stereocenters. The molecule has 5 rings (SSSR count). The molecule has 3 aromatic carbocycles. The van der Waals surface area contributed by atoms with Crippen molar-refractivity contribution < 1.29 is 13.9 Å². The van der Waals surface area contributed by atoms with Gasteiger partial charge in [-0.3, -0.25) is 9.36 Å². The number of thioether (sulfide) groups is 1.